The molecule has 0 saturated carbocycles. The summed E-state index contributed by atoms with van der Waals surface area (Å²) >= 11 is 0. The Morgan fingerprint density at radius 3 is 2.53 bits per heavy atom. The van der Waals surface area contributed by atoms with Crippen molar-refractivity contribution in [2.75, 3.05) is 5.32 Å². The zero-order valence-corrected chi connectivity index (χ0v) is 11.7. The molecule has 0 aliphatic heterocycles. The zero-order valence-electron chi connectivity index (χ0n) is 11.7. The summed E-state index contributed by atoms with van der Waals surface area (Å²) in [6.07, 6.45) is 1.18. The van der Waals surface area contributed by atoms with E-state index >= 15 is 0 Å². The van der Waals surface area contributed by atoms with Crippen LogP contribution in [0.1, 0.15) is 33.1 Å². The Morgan fingerprint density at radius 2 is 1.95 bits per heavy atom. The molecule has 0 aromatic heterocycles. The van der Waals surface area contributed by atoms with Crippen molar-refractivity contribution >= 4 is 11.6 Å². The van der Waals surface area contributed by atoms with E-state index in [9.17, 15) is 9.90 Å². The minimum absolute atomic E-state index is 0.325. The predicted octanol–water partition coefficient (Wildman–Crippen LogP) is 3.37. The molecule has 3 heteroatoms. The van der Waals surface area contributed by atoms with Crippen LogP contribution in [0.2, 0.25) is 0 Å². The van der Waals surface area contributed by atoms with Crippen molar-refractivity contribution in [2.45, 2.75) is 39.2 Å². The molecule has 1 atom stereocenters. The Balaban J connectivity index is 2.38. The first-order valence-electron chi connectivity index (χ1n) is 6.69. The van der Waals surface area contributed by atoms with Crippen LogP contribution in [-0.2, 0) is 4.79 Å². The largest absolute Gasteiger partial charge is 0.383 e. The summed E-state index contributed by atoms with van der Waals surface area (Å²) < 4.78 is 0. The van der Waals surface area contributed by atoms with E-state index in [0.717, 1.165) is 18.4 Å². The van der Waals surface area contributed by atoms with Crippen molar-refractivity contribution in [3.63, 3.8) is 0 Å². The average Bonchev–Trinajstić information content (AvgIpc) is 2.37. The lowest BCUT2D eigenvalue weighted by molar-refractivity contribution is -0.123. The van der Waals surface area contributed by atoms with Gasteiger partial charge in [0.05, 0.1) is 0 Å². The van der Waals surface area contributed by atoms with E-state index < -0.39 is 6.10 Å². The summed E-state index contributed by atoms with van der Waals surface area (Å²) in [6, 6.07) is 9.13. The van der Waals surface area contributed by atoms with Crippen LogP contribution < -0.4 is 5.32 Å². The Morgan fingerprint density at radius 1 is 1.32 bits per heavy atom. The molecular weight excluding hydrogens is 238 g/mol. The Labute approximate surface area is 115 Å². The normalized spacial score (nSPS) is 12.2. The topological polar surface area (TPSA) is 49.3 Å². The summed E-state index contributed by atoms with van der Waals surface area (Å²) in [5.74, 6) is 0.226. The summed E-state index contributed by atoms with van der Waals surface area (Å²) in [7, 11) is 0. The van der Waals surface area contributed by atoms with Crippen molar-refractivity contribution in [1.82, 2.24) is 0 Å². The molecule has 1 aromatic rings. The Hall–Kier alpha value is -1.61. The molecule has 0 aliphatic carbocycles. The predicted molar refractivity (Wildman–Crippen MR) is 78.9 cm³/mol. The highest BCUT2D eigenvalue weighted by Gasteiger charge is 2.16. The van der Waals surface area contributed by atoms with Gasteiger partial charge in [-0.05, 0) is 30.9 Å². The Kier molecular flexibility index (Phi) is 6.30. The minimum Gasteiger partial charge on any atom is -0.383 e. The standard InChI is InChI=1S/C16H23NO2/c1-12(2)9-10-13(3)11-15(18)16(19)17-14-7-5-4-6-8-14/h4-8,12,15,18H,3,9-11H2,1-2H3,(H,17,19)/t15-/m1/s1. The first-order valence-corrected chi connectivity index (χ1v) is 6.69. The third-order valence-corrected chi connectivity index (χ3v) is 2.90. The lowest BCUT2D eigenvalue weighted by atomic mass is 9.99. The number of amides is 1. The van der Waals surface area contributed by atoms with Crippen LogP contribution in [0.4, 0.5) is 5.69 Å². The SMILES string of the molecule is C=C(CCC(C)C)C[C@@H](O)C(=O)Nc1ccccc1. The van der Waals surface area contributed by atoms with E-state index in [2.05, 4.69) is 25.7 Å². The van der Waals surface area contributed by atoms with Crippen molar-refractivity contribution in [3.05, 3.63) is 42.5 Å². The van der Waals surface area contributed by atoms with Crippen LogP contribution in [0.3, 0.4) is 0 Å². The van der Waals surface area contributed by atoms with Gasteiger partial charge < -0.3 is 10.4 Å². The van der Waals surface area contributed by atoms with Gasteiger partial charge in [-0.3, -0.25) is 4.79 Å². The van der Waals surface area contributed by atoms with Crippen LogP contribution in [0.25, 0.3) is 0 Å². The van der Waals surface area contributed by atoms with Crippen molar-refractivity contribution in [2.24, 2.45) is 5.92 Å². The fourth-order valence-corrected chi connectivity index (χ4v) is 1.71. The van der Waals surface area contributed by atoms with Gasteiger partial charge in [-0.1, -0.05) is 44.2 Å². The number of carbonyl (C=O) groups excluding carboxylic acids is 1. The molecule has 0 fully saturated rings. The first-order chi connectivity index (χ1) is 8.99. The maximum absolute atomic E-state index is 11.8. The fraction of sp³-hybridized carbons (Fsp3) is 0.438. The third kappa shape index (κ3) is 6.20. The summed E-state index contributed by atoms with van der Waals surface area (Å²) in [4.78, 5) is 11.8. The van der Waals surface area contributed by atoms with Gasteiger partial charge in [-0.2, -0.15) is 0 Å². The van der Waals surface area contributed by atoms with E-state index in [1.54, 1.807) is 12.1 Å². The minimum atomic E-state index is -1.03. The number of carbonyl (C=O) groups is 1. The maximum Gasteiger partial charge on any atom is 0.253 e. The van der Waals surface area contributed by atoms with Gasteiger partial charge in [0.2, 0.25) is 0 Å². The van der Waals surface area contributed by atoms with Gasteiger partial charge in [-0.25, -0.2) is 0 Å². The van der Waals surface area contributed by atoms with Gasteiger partial charge in [0, 0.05) is 12.1 Å². The maximum atomic E-state index is 11.8. The van der Waals surface area contributed by atoms with Crippen LogP contribution in [0, 0.1) is 5.92 Å². The molecule has 0 unspecified atom stereocenters. The van der Waals surface area contributed by atoms with E-state index in [1.807, 2.05) is 18.2 Å². The average molecular weight is 261 g/mol. The van der Waals surface area contributed by atoms with Crippen molar-refractivity contribution in [1.29, 1.82) is 0 Å². The summed E-state index contributed by atoms with van der Waals surface area (Å²) in [6.45, 7) is 8.21. The number of nitrogens with one attached hydrogen (secondary N) is 1. The van der Waals surface area contributed by atoms with Crippen LogP contribution in [-0.4, -0.2) is 17.1 Å². The number of para-hydroxylation sites is 1. The van der Waals surface area contributed by atoms with E-state index in [0.29, 0.717) is 18.0 Å². The number of rotatable bonds is 7. The zero-order chi connectivity index (χ0) is 14.3. The monoisotopic (exact) mass is 261 g/mol. The van der Waals surface area contributed by atoms with Gasteiger partial charge in [-0.15, -0.1) is 0 Å². The molecule has 19 heavy (non-hydrogen) atoms. The molecule has 2 N–H and O–H groups in total. The number of hydrogen-bond acceptors (Lipinski definition) is 2. The molecule has 0 radical (unpaired) electrons. The molecule has 1 amide bonds. The number of anilines is 1. The molecule has 0 spiro atoms. The molecule has 1 aromatic carbocycles. The van der Waals surface area contributed by atoms with Crippen LogP contribution in [0.15, 0.2) is 42.5 Å². The number of aliphatic hydroxyl groups is 1. The quantitative estimate of drug-likeness (QED) is 0.739. The summed E-state index contributed by atoms with van der Waals surface area (Å²) in [5.41, 5.74) is 1.61. The second kappa shape index (κ2) is 7.74. The molecule has 0 aliphatic rings. The molecule has 0 bridgehead atoms. The molecule has 0 saturated heterocycles. The Bertz CT molecular complexity index is 412. The lowest BCUT2D eigenvalue weighted by Crippen LogP contribution is -2.27. The second-order valence-electron chi connectivity index (χ2n) is 5.26. The molecule has 104 valence electrons. The lowest BCUT2D eigenvalue weighted by Gasteiger charge is -2.13. The van der Waals surface area contributed by atoms with Gasteiger partial charge in [0.1, 0.15) is 6.10 Å². The second-order valence-corrected chi connectivity index (χ2v) is 5.26. The van der Waals surface area contributed by atoms with E-state index in [1.165, 1.54) is 0 Å². The van der Waals surface area contributed by atoms with Gasteiger partial charge >= 0.3 is 0 Å². The molecule has 3 nitrogen and oxygen atoms in total. The smallest absolute Gasteiger partial charge is 0.253 e. The van der Waals surface area contributed by atoms with Crippen molar-refractivity contribution < 1.29 is 9.90 Å². The molecular formula is C16H23NO2. The van der Waals surface area contributed by atoms with E-state index in [-0.39, 0.29) is 5.91 Å². The molecule has 0 heterocycles. The number of benzene rings is 1. The number of aliphatic hydroxyl groups excluding tert-OH is 1. The highest BCUT2D eigenvalue weighted by Crippen LogP contribution is 2.15. The highest BCUT2D eigenvalue weighted by molar-refractivity contribution is 5.94. The third-order valence-electron chi connectivity index (χ3n) is 2.90. The van der Waals surface area contributed by atoms with Crippen LogP contribution in [0.5, 0.6) is 0 Å². The molecule has 1 rings (SSSR count). The van der Waals surface area contributed by atoms with Crippen molar-refractivity contribution in [3.8, 4) is 0 Å². The van der Waals surface area contributed by atoms with Gasteiger partial charge in [0.25, 0.3) is 5.91 Å². The van der Waals surface area contributed by atoms with Gasteiger partial charge in [0.15, 0.2) is 0 Å². The highest BCUT2D eigenvalue weighted by atomic mass is 16.3. The first kappa shape index (κ1) is 15.4. The summed E-state index contributed by atoms with van der Waals surface area (Å²) in [5, 5.41) is 12.5. The van der Waals surface area contributed by atoms with Crippen LogP contribution >= 0.6 is 0 Å². The van der Waals surface area contributed by atoms with E-state index in [4.69, 9.17) is 0 Å². The number of hydrogen-bond donors (Lipinski definition) is 2. The fourth-order valence-electron chi connectivity index (χ4n) is 1.71.